The normalized spacial score (nSPS) is 11.7. The largest absolute Gasteiger partial charge is 0.480 e. The van der Waals surface area contributed by atoms with Gasteiger partial charge in [-0.1, -0.05) is 17.7 Å². The zero-order valence-electron chi connectivity index (χ0n) is 16.5. The van der Waals surface area contributed by atoms with Crippen molar-refractivity contribution in [2.24, 2.45) is 0 Å². The molecule has 1 aromatic heterocycles. The first-order chi connectivity index (χ1) is 14.8. The van der Waals surface area contributed by atoms with Crippen molar-refractivity contribution in [2.75, 3.05) is 16.8 Å². The van der Waals surface area contributed by atoms with Gasteiger partial charge in [-0.2, -0.15) is 0 Å². The maximum atomic E-state index is 12.6. The van der Waals surface area contributed by atoms with Crippen LogP contribution in [0.2, 0.25) is 5.02 Å². The van der Waals surface area contributed by atoms with Crippen LogP contribution in [-0.2, 0) is 9.59 Å². The van der Waals surface area contributed by atoms with E-state index >= 15 is 0 Å². The van der Waals surface area contributed by atoms with Crippen LogP contribution >= 0.6 is 36.0 Å². The lowest BCUT2D eigenvalue weighted by atomic mass is 10.2. The average Bonchev–Trinajstić information content (AvgIpc) is 3.07. The number of aliphatic carboxylic acids is 1. The lowest BCUT2D eigenvalue weighted by Gasteiger charge is -2.28. The lowest BCUT2D eigenvalue weighted by molar-refractivity contribution is -0.138. The van der Waals surface area contributed by atoms with Crippen LogP contribution in [0, 0.1) is 9.54 Å². The first-order valence-electron chi connectivity index (χ1n) is 9.31. The fraction of sp³-hybridized carbons (Fsp3) is 0.200. The molecule has 31 heavy (non-hydrogen) atoms. The molecule has 0 fully saturated rings. The minimum atomic E-state index is -0.983. The average molecular weight is 478 g/mol. The maximum Gasteiger partial charge on any atom is 0.326 e. The molecular weight excluding hydrogens is 458 g/mol. The van der Waals surface area contributed by atoms with Crippen molar-refractivity contribution in [2.45, 2.75) is 19.4 Å². The molecule has 3 rings (SSSR count). The van der Waals surface area contributed by atoms with Crippen LogP contribution in [0.1, 0.15) is 13.3 Å². The van der Waals surface area contributed by atoms with Gasteiger partial charge in [-0.3, -0.25) is 19.6 Å². The number of carboxylic acids is 1. The van der Waals surface area contributed by atoms with E-state index in [-0.39, 0.29) is 18.9 Å². The smallest absolute Gasteiger partial charge is 0.326 e. The first kappa shape index (κ1) is 22.7. The summed E-state index contributed by atoms with van der Waals surface area (Å²) >= 11 is 16.4. The highest BCUT2D eigenvalue weighted by atomic mass is 35.5. The van der Waals surface area contributed by atoms with Crippen molar-refractivity contribution >= 4 is 59.3 Å². The Morgan fingerprint density at radius 2 is 1.81 bits per heavy atom. The zero-order chi connectivity index (χ0) is 22.5. The SMILES string of the molecule is CC(C(=O)O)N(CCC(=O)Nc1cccc(-n2c(=S)[nH][nH]c2=S)c1)c1ccc(Cl)cc1. The second-order valence-electron chi connectivity index (χ2n) is 6.73. The molecular formula is C20H20ClN5O3S2. The number of hydrogen-bond donors (Lipinski definition) is 4. The highest BCUT2D eigenvalue weighted by molar-refractivity contribution is 7.72. The van der Waals surface area contributed by atoms with E-state index in [4.69, 9.17) is 36.0 Å². The molecule has 11 heteroatoms. The van der Waals surface area contributed by atoms with Crippen molar-refractivity contribution in [3.05, 3.63) is 63.1 Å². The monoisotopic (exact) mass is 477 g/mol. The predicted molar refractivity (Wildman–Crippen MR) is 125 cm³/mol. The molecule has 0 saturated heterocycles. The van der Waals surface area contributed by atoms with Crippen molar-refractivity contribution in [1.29, 1.82) is 0 Å². The van der Waals surface area contributed by atoms with Crippen molar-refractivity contribution in [3.8, 4) is 5.69 Å². The molecule has 0 spiro atoms. The number of aromatic amines is 2. The molecule has 0 aliphatic rings. The van der Waals surface area contributed by atoms with E-state index in [2.05, 4.69) is 15.5 Å². The molecule has 0 bridgehead atoms. The Balaban J connectivity index is 1.71. The van der Waals surface area contributed by atoms with Gasteiger partial charge in [0.2, 0.25) is 5.91 Å². The lowest BCUT2D eigenvalue weighted by Crippen LogP contribution is -2.40. The highest BCUT2D eigenvalue weighted by Gasteiger charge is 2.22. The van der Waals surface area contributed by atoms with Crippen LogP contribution in [0.15, 0.2) is 48.5 Å². The Morgan fingerprint density at radius 3 is 2.42 bits per heavy atom. The molecule has 1 atom stereocenters. The van der Waals surface area contributed by atoms with Gasteiger partial charge in [0.05, 0.1) is 5.69 Å². The van der Waals surface area contributed by atoms with E-state index in [1.54, 1.807) is 58.9 Å². The summed E-state index contributed by atoms with van der Waals surface area (Å²) in [5.41, 5.74) is 1.95. The molecule has 4 N–H and O–H groups in total. The third kappa shape index (κ3) is 5.60. The standard InChI is InChI=1S/C20H20ClN5O3S2/c1-12(18(28)29)25(15-7-5-13(21)6-8-15)10-9-17(27)22-14-3-2-4-16(11-14)26-19(30)23-24-20(26)31/h2-8,11-12H,9-10H2,1H3,(H,22,27)(H,23,30)(H,24,31)(H,28,29). The van der Waals surface area contributed by atoms with Gasteiger partial charge in [0, 0.05) is 29.4 Å². The Kier molecular flexibility index (Phi) is 7.26. The second-order valence-corrected chi connectivity index (χ2v) is 7.94. The van der Waals surface area contributed by atoms with E-state index in [0.717, 1.165) is 0 Å². The van der Waals surface area contributed by atoms with Gasteiger partial charge in [-0.15, -0.1) is 0 Å². The second kappa shape index (κ2) is 9.90. The minimum Gasteiger partial charge on any atom is -0.480 e. The van der Waals surface area contributed by atoms with Crippen molar-refractivity contribution in [3.63, 3.8) is 0 Å². The molecule has 1 heterocycles. The zero-order valence-corrected chi connectivity index (χ0v) is 18.9. The fourth-order valence-electron chi connectivity index (χ4n) is 3.03. The number of nitrogens with one attached hydrogen (secondary N) is 3. The number of nitrogens with zero attached hydrogens (tertiary/aromatic N) is 2. The molecule has 162 valence electrons. The maximum absolute atomic E-state index is 12.6. The van der Waals surface area contributed by atoms with Crippen LogP contribution in [-0.4, -0.2) is 44.3 Å². The van der Waals surface area contributed by atoms with Gasteiger partial charge < -0.3 is 15.3 Å². The number of carbonyl (C=O) groups excluding carboxylic acids is 1. The van der Waals surface area contributed by atoms with E-state index in [1.165, 1.54) is 0 Å². The summed E-state index contributed by atoms with van der Waals surface area (Å²) in [5.74, 6) is -1.24. The summed E-state index contributed by atoms with van der Waals surface area (Å²) in [7, 11) is 0. The molecule has 1 unspecified atom stereocenters. The number of anilines is 2. The van der Waals surface area contributed by atoms with Crippen molar-refractivity contribution < 1.29 is 14.7 Å². The third-order valence-corrected chi connectivity index (χ3v) is 5.45. The number of amides is 1. The Morgan fingerprint density at radius 1 is 1.16 bits per heavy atom. The molecule has 2 aromatic carbocycles. The molecule has 0 aliphatic heterocycles. The van der Waals surface area contributed by atoms with E-state index in [0.29, 0.717) is 31.6 Å². The van der Waals surface area contributed by atoms with E-state index < -0.39 is 12.0 Å². The first-order valence-corrected chi connectivity index (χ1v) is 10.5. The fourth-order valence-corrected chi connectivity index (χ4v) is 3.71. The van der Waals surface area contributed by atoms with E-state index in [9.17, 15) is 14.7 Å². The molecule has 1 amide bonds. The number of aromatic nitrogens is 3. The summed E-state index contributed by atoms with van der Waals surface area (Å²) in [6.45, 7) is 1.79. The highest BCUT2D eigenvalue weighted by Crippen LogP contribution is 2.21. The summed E-state index contributed by atoms with van der Waals surface area (Å²) in [6.07, 6.45) is 0.0914. The topological polar surface area (TPSA) is 106 Å². The summed E-state index contributed by atoms with van der Waals surface area (Å²) in [5, 5.41) is 18.4. The Bertz CT molecular complexity index is 1170. The number of hydrogen-bond acceptors (Lipinski definition) is 5. The van der Waals surface area contributed by atoms with Gasteiger partial charge in [-0.25, -0.2) is 4.79 Å². The number of H-pyrrole nitrogens is 2. The molecule has 0 radical (unpaired) electrons. The summed E-state index contributed by atoms with van der Waals surface area (Å²) in [6, 6.07) is 13.1. The molecule has 0 saturated carbocycles. The Hall–Kier alpha value is -2.95. The number of carbonyl (C=O) groups is 2. The van der Waals surface area contributed by atoms with Crippen LogP contribution < -0.4 is 10.2 Å². The molecule has 0 aliphatic carbocycles. The third-order valence-electron chi connectivity index (χ3n) is 4.63. The van der Waals surface area contributed by atoms with Gasteiger partial charge in [-0.05, 0) is 73.8 Å². The molecule has 3 aromatic rings. The van der Waals surface area contributed by atoms with Crippen LogP contribution in [0.3, 0.4) is 0 Å². The van der Waals surface area contributed by atoms with E-state index in [1.807, 2.05) is 6.07 Å². The predicted octanol–water partition coefficient (Wildman–Crippen LogP) is 4.55. The van der Waals surface area contributed by atoms with Gasteiger partial charge in [0.15, 0.2) is 9.54 Å². The van der Waals surface area contributed by atoms with Gasteiger partial charge in [0.25, 0.3) is 0 Å². The number of halogens is 1. The number of rotatable bonds is 8. The van der Waals surface area contributed by atoms with Crippen LogP contribution in [0.5, 0.6) is 0 Å². The summed E-state index contributed by atoms with van der Waals surface area (Å²) in [4.78, 5) is 25.7. The van der Waals surface area contributed by atoms with Crippen molar-refractivity contribution in [1.82, 2.24) is 14.8 Å². The molecule has 8 nitrogen and oxygen atoms in total. The van der Waals surface area contributed by atoms with Crippen LogP contribution in [0.25, 0.3) is 5.69 Å². The van der Waals surface area contributed by atoms with Crippen LogP contribution in [0.4, 0.5) is 11.4 Å². The van der Waals surface area contributed by atoms with Gasteiger partial charge >= 0.3 is 5.97 Å². The minimum absolute atomic E-state index is 0.0914. The number of carboxylic acid groups (broad SMARTS) is 1. The summed E-state index contributed by atoms with van der Waals surface area (Å²) < 4.78 is 2.46. The Labute approximate surface area is 193 Å². The van der Waals surface area contributed by atoms with Gasteiger partial charge in [0.1, 0.15) is 6.04 Å². The quantitative estimate of drug-likeness (QED) is 0.354. The number of benzene rings is 2.